The monoisotopic (exact) mass is 290 g/mol. The molecule has 2 aromatic rings. The van der Waals surface area contributed by atoms with Crippen LogP contribution in [0.1, 0.15) is 28.8 Å². The second kappa shape index (κ2) is 5.79. The molecule has 0 saturated carbocycles. The van der Waals surface area contributed by atoms with E-state index in [2.05, 4.69) is 4.98 Å². The first-order chi connectivity index (χ1) is 9.49. The molecule has 1 unspecified atom stereocenters. The summed E-state index contributed by atoms with van der Waals surface area (Å²) in [5.74, 6) is -0.641. The number of hydrogen-bond acceptors (Lipinski definition) is 4. The molecule has 102 valence electrons. The van der Waals surface area contributed by atoms with Crippen LogP contribution in [0.3, 0.4) is 0 Å². The molecule has 0 amide bonds. The minimum absolute atomic E-state index is 0.171. The Labute approximate surface area is 120 Å². The van der Waals surface area contributed by atoms with Gasteiger partial charge in [-0.1, -0.05) is 18.5 Å². The number of pyridine rings is 1. The van der Waals surface area contributed by atoms with Crippen molar-refractivity contribution in [1.82, 2.24) is 4.98 Å². The zero-order valence-corrected chi connectivity index (χ0v) is 11.4. The Kier molecular flexibility index (Phi) is 4.10. The number of nitro groups is 1. The van der Waals surface area contributed by atoms with E-state index in [1.165, 1.54) is 18.2 Å². The minimum Gasteiger partial charge on any atom is -0.294 e. The van der Waals surface area contributed by atoms with Crippen molar-refractivity contribution in [3.8, 4) is 0 Å². The van der Waals surface area contributed by atoms with Crippen LogP contribution in [-0.4, -0.2) is 15.7 Å². The molecular formula is C14H11ClN2O3. The van der Waals surface area contributed by atoms with E-state index in [9.17, 15) is 14.9 Å². The first kappa shape index (κ1) is 14.1. The third kappa shape index (κ3) is 3.00. The maximum Gasteiger partial charge on any atom is 0.271 e. The van der Waals surface area contributed by atoms with Crippen molar-refractivity contribution in [2.45, 2.75) is 12.8 Å². The van der Waals surface area contributed by atoms with Gasteiger partial charge in [-0.15, -0.1) is 0 Å². The molecule has 0 spiro atoms. The molecule has 1 aromatic carbocycles. The van der Waals surface area contributed by atoms with Crippen LogP contribution in [0.15, 0.2) is 42.7 Å². The fraction of sp³-hybridized carbons (Fsp3) is 0.143. The highest BCUT2D eigenvalue weighted by Crippen LogP contribution is 2.26. The van der Waals surface area contributed by atoms with Crippen molar-refractivity contribution < 1.29 is 9.72 Å². The van der Waals surface area contributed by atoms with Crippen LogP contribution in [0, 0.1) is 10.1 Å². The van der Waals surface area contributed by atoms with E-state index < -0.39 is 10.8 Å². The molecule has 1 heterocycles. The van der Waals surface area contributed by atoms with E-state index in [1.54, 1.807) is 31.5 Å². The lowest BCUT2D eigenvalue weighted by Crippen LogP contribution is -2.10. The molecule has 2 rings (SSSR count). The number of Topliss-reactive ketones (excluding diaryl/α,β-unsaturated/α-hetero) is 1. The second-order valence-corrected chi connectivity index (χ2v) is 4.76. The molecule has 0 radical (unpaired) electrons. The smallest absolute Gasteiger partial charge is 0.271 e. The Balaban J connectivity index is 2.36. The molecule has 0 bridgehead atoms. The van der Waals surface area contributed by atoms with Crippen molar-refractivity contribution in [2.24, 2.45) is 0 Å². The first-order valence-corrected chi connectivity index (χ1v) is 6.26. The lowest BCUT2D eigenvalue weighted by Gasteiger charge is -2.10. The van der Waals surface area contributed by atoms with Gasteiger partial charge in [-0.3, -0.25) is 19.9 Å². The summed E-state index contributed by atoms with van der Waals surface area (Å²) in [7, 11) is 0. The predicted octanol–water partition coefficient (Wildman–Crippen LogP) is 3.63. The van der Waals surface area contributed by atoms with Crippen LogP contribution in [-0.2, 0) is 0 Å². The first-order valence-electron chi connectivity index (χ1n) is 5.88. The summed E-state index contributed by atoms with van der Waals surface area (Å²) >= 11 is 5.82. The van der Waals surface area contributed by atoms with Crippen molar-refractivity contribution in [3.63, 3.8) is 0 Å². The number of aromatic nitrogens is 1. The largest absolute Gasteiger partial charge is 0.294 e. The molecule has 0 aliphatic carbocycles. The van der Waals surface area contributed by atoms with Crippen LogP contribution >= 0.6 is 11.6 Å². The summed E-state index contributed by atoms with van der Waals surface area (Å²) in [4.78, 5) is 26.5. The van der Waals surface area contributed by atoms with Crippen molar-refractivity contribution in [2.75, 3.05) is 0 Å². The molecule has 0 N–H and O–H groups in total. The van der Waals surface area contributed by atoms with Crippen LogP contribution in [0.2, 0.25) is 5.02 Å². The number of nitro benzene ring substituents is 1. The van der Waals surface area contributed by atoms with Gasteiger partial charge in [-0.05, 0) is 23.8 Å². The average Bonchev–Trinajstić information content (AvgIpc) is 2.46. The standard InChI is InChI=1S/C14H11ClN2O3/c1-9(10-2-4-16-5-3-10)14(18)11-6-12(15)8-13(7-11)17(19)20/h2-9H,1H3. The van der Waals surface area contributed by atoms with E-state index in [4.69, 9.17) is 11.6 Å². The fourth-order valence-corrected chi connectivity index (χ4v) is 2.10. The van der Waals surface area contributed by atoms with Gasteiger partial charge >= 0.3 is 0 Å². The number of rotatable bonds is 4. The molecule has 20 heavy (non-hydrogen) atoms. The lowest BCUT2D eigenvalue weighted by molar-refractivity contribution is -0.384. The molecule has 0 aliphatic rings. The molecule has 0 fully saturated rings. The van der Waals surface area contributed by atoms with Gasteiger partial charge in [0, 0.05) is 41.0 Å². The predicted molar refractivity (Wildman–Crippen MR) is 75.1 cm³/mol. The lowest BCUT2D eigenvalue weighted by atomic mass is 9.93. The van der Waals surface area contributed by atoms with Gasteiger partial charge in [0.1, 0.15) is 0 Å². The topological polar surface area (TPSA) is 73.1 Å². The molecule has 0 aliphatic heterocycles. The number of carbonyl (C=O) groups excluding carboxylic acids is 1. The Morgan fingerprint density at radius 3 is 2.55 bits per heavy atom. The zero-order valence-electron chi connectivity index (χ0n) is 10.6. The fourth-order valence-electron chi connectivity index (χ4n) is 1.88. The second-order valence-electron chi connectivity index (χ2n) is 4.32. The van der Waals surface area contributed by atoms with Crippen LogP contribution in [0.4, 0.5) is 5.69 Å². The SMILES string of the molecule is CC(C(=O)c1cc(Cl)cc([N+](=O)[O-])c1)c1ccncc1. The number of ketones is 1. The van der Waals surface area contributed by atoms with Crippen molar-refractivity contribution in [1.29, 1.82) is 0 Å². The van der Waals surface area contributed by atoms with Gasteiger partial charge in [0.25, 0.3) is 5.69 Å². The maximum absolute atomic E-state index is 12.4. The van der Waals surface area contributed by atoms with Gasteiger partial charge in [0.2, 0.25) is 0 Å². The van der Waals surface area contributed by atoms with E-state index in [1.807, 2.05) is 0 Å². The summed E-state index contributed by atoms with van der Waals surface area (Å²) in [6.07, 6.45) is 3.19. The van der Waals surface area contributed by atoms with Crippen molar-refractivity contribution >= 4 is 23.1 Å². The van der Waals surface area contributed by atoms with Crippen molar-refractivity contribution in [3.05, 3.63) is 69.0 Å². The van der Waals surface area contributed by atoms with E-state index in [0.29, 0.717) is 0 Å². The Bertz CT molecular complexity index is 659. The maximum atomic E-state index is 12.4. The number of hydrogen-bond donors (Lipinski definition) is 0. The average molecular weight is 291 g/mol. The highest BCUT2D eigenvalue weighted by Gasteiger charge is 2.20. The Morgan fingerprint density at radius 1 is 1.30 bits per heavy atom. The molecule has 1 atom stereocenters. The minimum atomic E-state index is -0.570. The van der Waals surface area contributed by atoms with Crippen LogP contribution in [0.5, 0.6) is 0 Å². The van der Waals surface area contributed by atoms with Gasteiger partial charge in [0.15, 0.2) is 5.78 Å². The zero-order chi connectivity index (χ0) is 14.7. The summed E-state index contributed by atoms with van der Waals surface area (Å²) < 4.78 is 0. The summed E-state index contributed by atoms with van der Waals surface area (Å²) in [5.41, 5.74) is 0.837. The third-order valence-electron chi connectivity index (χ3n) is 2.98. The quantitative estimate of drug-likeness (QED) is 0.489. The van der Waals surface area contributed by atoms with Gasteiger partial charge in [-0.25, -0.2) is 0 Å². The number of carbonyl (C=O) groups is 1. The molecular weight excluding hydrogens is 280 g/mol. The summed E-state index contributed by atoms with van der Waals surface area (Å²) in [6, 6.07) is 7.37. The molecule has 0 saturated heterocycles. The van der Waals surface area contributed by atoms with E-state index in [-0.39, 0.29) is 22.1 Å². The van der Waals surface area contributed by atoms with Crippen LogP contribution in [0.25, 0.3) is 0 Å². The molecule has 5 nitrogen and oxygen atoms in total. The van der Waals surface area contributed by atoms with Gasteiger partial charge in [0.05, 0.1) is 4.92 Å². The molecule has 1 aromatic heterocycles. The highest BCUT2D eigenvalue weighted by molar-refractivity contribution is 6.31. The number of benzene rings is 1. The number of nitrogens with zero attached hydrogens (tertiary/aromatic N) is 2. The molecule has 6 heteroatoms. The van der Waals surface area contributed by atoms with E-state index in [0.717, 1.165) is 5.56 Å². The van der Waals surface area contributed by atoms with Gasteiger partial charge in [-0.2, -0.15) is 0 Å². The van der Waals surface area contributed by atoms with E-state index >= 15 is 0 Å². The highest BCUT2D eigenvalue weighted by atomic mass is 35.5. The Morgan fingerprint density at radius 2 is 1.95 bits per heavy atom. The normalized spacial score (nSPS) is 11.9. The van der Waals surface area contributed by atoms with Gasteiger partial charge < -0.3 is 0 Å². The number of non-ortho nitro benzene ring substituents is 1. The third-order valence-corrected chi connectivity index (χ3v) is 3.20. The summed E-state index contributed by atoms with van der Waals surface area (Å²) in [5, 5.41) is 11.0. The van der Waals surface area contributed by atoms with Crippen LogP contribution < -0.4 is 0 Å². The number of halogens is 1. The summed E-state index contributed by atoms with van der Waals surface area (Å²) in [6.45, 7) is 1.74. The Hall–Kier alpha value is -2.27.